The zero-order valence-electron chi connectivity index (χ0n) is 47.3. The number of H-pyrrole nitrogens is 2. The van der Waals surface area contributed by atoms with Crippen LogP contribution < -0.4 is 38.3 Å². The maximum atomic E-state index is 12.2. The topological polar surface area (TPSA) is 344 Å². The molecule has 11 rings (SSSR count). The molecular weight excluding hydrogens is 1270 g/mol. The summed E-state index contributed by atoms with van der Waals surface area (Å²) in [6.07, 6.45) is 0.372. The van der Waals surface area contributed by atoms with Crippen LogP contribution in [0.4, 0.5) is 26.9 Å². The van der Waals surface area contributed by atoms with Crippen LogP contribution >= 0.6 is 35.1 Å². The molecule has 460 valence electrons. The molecule has 0 unspecified atom stereocenters. The molecule has 28 nitrogen and oxygen atoms in total. The van der Waals surface area contributed by atoms with Crippen molar-refractivity contribution < 1.29 is 44.5 Å². The fourth-order valence-electron chi connectivity index (χ4n) is 7.50. The van der Waals surface area contributed by atoms with Gasteiger partial charge in [-0.1, -0.05) is 27.0 Å². The van der Waals surface area contributed by atoms with Gasteiger partial charge >= 0.3 is 35.2 Å². The Bertz CT molecular complexity index is 3450. The van der Waals surface area contributed by atoms with Crippen molar-refractivity contribution in [2.24, 2.45) is 70.0 Å². The van der Waals surface area contributed by atoms with E-state index in [1.165, 1.54) is 22.7 Å². The van der Waals surface area contributed by atoms with E-state index >= 15 is 0 Å². The van der Waals surface area contributed by atoms with Crippen LogP contribution in [0.5, 0.6) is 0 Å². The third kappa shape index (κ3) is 21.6. The molecule has 0 bridgehead atoms. The number of ether oxygens (including phenoxy) is 2. The van der Waals surface area contributed by atoms with Crippen molar-refractivity contribution in [3.63, 3.8) is 0 Å². The number of aromatic amines is 2. The number of sulfone groups is 1. The number of rotatable bonds is 7. The third-order valence-corrected chi connectivity index (χ3v) is 14.5. The molecule has 4 aromatic heterocycles. The van der Waals surface area contributed by atoms with Gasteiger partial charge in [0.1, 0.15) is 30.8 Å². The van der Waals surface area contributed by atoms with Crippen LogP contribution in [0, 0.1) is 55.1 Å². The maximum Gasteiger partial charge on any atom is 2.00 e. The Labute approximate surface area is 541 Å². The fraction of sp³-hybridized carbons (Fsp3) is 0.519. The van der Waals surface area contributed by atoms with Gasteiger partial charge in [-0.25, -0.2) is 37.7 Å². The van der Waals surface area contributed by atoms with E-state index in [2.05, 4.69) is 94.3 Å². The van der Waals surface area contributed by atoms with E-state index in [0.717, 1.165) is 47.9 Å². The second kappa shape index (κ2) is 35.1. The molecule has 7 aliphatic heterocycles. The number of aromatic nitrogens is 4. The Morgan fingerprint density at radius 2 is 1.12 bits per heavy atom. The first-order chi connectivity index (χ1) is 38.5. The minimum atomic E-state index is -3.63. The van der Waals surface area contributed by atoms with Gasteiger partial charge in [0.05, 0.1) is 53.7 Å². The first-order valence-corrected chi connectivity index (χ1v) is 28.8. The predicted octanol–water partition coefficient (Wildman–Crippen LogP) is 6.00. The zero-order valence-corrected chi connectivity index (χ0v) is 53.6. The molecule has 0 radical (unpaired) electrons. The SMILES string of the molecule is C.C.C1N=NN=C1C1CNC1.CC(C)(C)OC(=O)N1CC(C#N)C1.CC(C)(C)OC(=O)N1CC(C2=NN=NC2)C1.Cl.[Br-].[C-]#[N+]c1c(-c2cccs2)nc(N2CC(C3=NN=NC3)C2)[nH]c1=O.[C-]#[N+]c1c(-c2cccs2)nc(S(C)(=O)=O)[nH]c1=O.[CH2-]C.[Mg+2]. The standard InChI is InChI=1S/C14H11N7OS.C10H16N4O2.C10H7N3O3S2.C9H14N2O2.C5H8N4.C2H5.2CH4.BrH.ClH.Mg/c1-15-12-11(10-3-2-4-23-10)17-14(18-13(12)22)21-6-8(7-21)9-5-16-20-19-9;1-10(2,3)16-9(15)14-5-7(6-14)8-4-11-13-12-8;1-11-8-7(6-4-3-5-17-6)12-10(13-9(8)14)18(2,15)16;1-9(2,3)13-8(12)11-5-7(4-10)6-11;1-4(2-6-1)5-3-7-9-8-5;1-2;;;;;/h2-4,8H,5-7H2,(H,17,18,22);7H,4-6H2,1-3H3;3-5H,2H3,(H,12,13,14);7H,5-6H2,1-3H3;4,6H,1-3H2;1H2,2H3;2*1H4;2*1H;/q;;;;;-1;;;;;+2/p-1. The molecule has 3 N–H and O–H groups in total. The Morgan fingerprint density at radius 1 is 0.709 bits per heavy atom. The van der Waals surface area contributed by atoms with Crippen LogP contribution in [0.1, 0.15) is 63.3 Å². The number of nitrogens with one attached hydrogen (secondary N) is 3. The van der Waals surface area contributed by atoms with Crippen molar-refractivity contribution in [3.8, 4) is 27.2 Å². The minimum Gasteiger partial charge on any atom is -1.00 e. The Balaban J connectivity index is 0.000000540. The molecule has 34 heteroatoms. The molecular formula is C52H70BrClMgN20O8S3. The van der Waals surface area contributed by atoms with E-state index in [0.29, 0.717) is 86.6 Å². The molecule has 0 saturated carbocycles. The quantitative estimate of drug-likeness (QED) is 0.109. The van der Waals surface area contributed by atoms with Gasteiger partial charge in [-0.05, 0) is 80.1 Å². The van der Waals surface area contributed by atoms with Crippen LogP contribution in [-0.2, 0) is 19.3 Å². The Morgan fingerprint density at radius 3 is 1.47 bits per heavy atom. The number of amides is 2. The first-order valence-electron chi connectivity index (χ1n) is 25.2. The Hall–Kier alpha value is -6.77. The molecule has 11 heterocycles. The smallest absolute Gasteiger partial charge is 1.00 e. The number of halogens is 2. The summed E-state index contributed by atoms with van der Waals surface area (Å²) in [5.74, 6) is 1.71. The molecule has 4 fully saturated rings. The molecule has 86 heavy (non-hydrogen) atoms. The molecule has 4 saturated heterocycles. The van der Waals surface area contributed by atoms with Crippen molar-refractivity contribution in [1.82, 2.24) is 35.1 Å². The summed E-state index contributed by atoms with van der Waals surface area (Å²) < 4.78 is 33.2. The number of likely N-dealkylation sites (tertiary alicyclic amines) is 2. The Kier molecular flexibility index (Phi) is 31.6. The van der Waals surface area contributed by atoms with Crippen LogP contribution in [0.2, 0.25) is 0 Å². The van der Waals surface area contributed by atoms with E-state index in [-0.39, 0.29) is 102 Å². The summed E-state index contributed by atoms with van der Waals surface area (Å²) in [5, 5.41) is 48.9. The number of thiophene rings is 2. The number of hydrogen-bond acceptors (Lipinski definition) is 24. The number of carbonyl (C=O) groups excluding carboxylic acids is 2. The van der Waals surface area contributed by atoms with Crippen molar-refractivity contribution in [3.05, 3.63) is 85.5 Å². The van der Waals surface area contributed by atoms with Gasteiger partial charge < -0.3 is 63.4 Å². The van der Waals surface area contributed by atoms with E-state index in [1.807, 2.05) is 64.0 Å². The molecule has 0 spiro atoms. The monoisotopic (exact) mass is 1340 g/mol. The van der Waals surface area contributed by atoms with E-state index < -0.39 is 37.3 Å². The van der Waals surface area contributed by atoms with Gasteiger partial charge in [0.15, 0.2) is 0 Å². The maximum absolute atomic E-state index is 12.2. The van der Waals surface area contributed by atoms with E-state index in [1.54, 1.807) is 34.2 Å². The molecule has 0 aromatic carbocycles. The molecule has 0 aliphatic carbocycles. The summed E-state index contributed by atoms with van der Waals surface area (Å²) >= 11 is 2.74. The number of nitrogens with zero attached hydrogens (tertiary/aromatic N) is 17. The van der Waals surface area contributed by atoms with Gasteiger partial charge in [0.2, 0.25) is 20.9 Å². The summed E-state index contributed by atoms with van der Waals surface area (Å²) in [4.78, 5) is 73.0. The predicted molar refractivity (Wildman–Crippen MR) is 331 cm³/mol. The van der Waals surface area contributed by atoms with E-state index in [4.69, 9.17) is 27.9 Å². The molecule has 7 aliphatic rings. The average molecular weight is 1340 g/mol. The van der Waals surface area contributed by atoms with Gasteiger partial charge in [0.25, 0.3) is 22.5 Å². The van der Waals surface area contributed by atoms with Gasteiger partial charge in [-0.3, -0.25) is 9.59 Å². The minimum absolute atomic E-state index is 0. The fourth-order valence-corrected chi connectivity index (χ4v) is 9.46. The van der Waals surface area contributed by atoms with Crippen molar-refractivity contribution in [1.29, 1.82) is 5.26 Å². The average Bonchev–Trinajstić information content (AvgIpc) is 1.50. The normalized spacial score (nSPS) is 16.2. The van der Waals surface area contributed by atoms with Crippen molar-refractivity contribution in [2.45, 2.75) is 79.7 Å². The van der Waals surface area contributed by atoms with Gasteiger partial charge in [-0.15, -0.1) is 50.4 Å². The van der Waals surface area contributed by atoms with Crippen LogP contribution in [-0.4, -0.2) is 180 Å². The van der Waals surface area contributed by atoms with Crippen molar-refractivity contribution >= 4 is 115 Å². The number of carbonyl (C=O) groups is 2. The summed E-state index contributed by atoms with van der Waals surface area (Å²) in [5.41, 5.74) is 1.43. The summed E-state index contributed by atoms with van der Waals surface area (Å²) in [6.45, 7) is 38.0. The zero-order chi connectivity index (χ0) is 59.1. The van der Waals surface area contributed by atoms with Gasteiger partial charge in [-0.2, -0.15) is 27.5 Å². The number of nitriles is 1. The van der Waals surface area contributed by atoms with E-state index in [9.17, 15) is 27.6 Å². The largest absolute Gasteiger partial charge is 2.00 e. The number of hydrogen-bond donors (Lipinski definition) is 3. The molecule has 4 aromatic rings. The van der Waals surface area contributed by atoms with Crippen LogP contribution in [0.15, 0.2) is 96.1 Å². The first kappa shape index (κ1) is 77.2. The van der Waals surface area contributed by atoms with Crippen LogP contribution in [0.25, 0.3) is 30.8 Å². The summed E-state index contributed by atoms with van der Waals surface area (Å²) in [6, 6.07) is 9.24. The third-order valence-electron chi connectivity index (χ3n) is 11.9. The summed E-state index contributed by atoms with van der Waals surface area (Å²) in [7, 11) is -3.63. The molecule has 0 atom stereocenters. The van der Waals surface area contributed by atoms with Crippen LogP contribution in [0.3, 0.4) is 0 Å². The second-order valence-electron chi connectivity index (χ2n) is 20.3. The van der Waals surface area contributed by atoms with Crippen molar-refractivity contribution in [2.75, 3.05) is 83.1 Å². The number of anilines is 1. The van der Waals surface area contributed by atoms with Gasteiger partial charge in [0, 0.05) is 86.1 Å². The molecule has 2 amide bonds. The second-order valence-corrected chi connectivity index (χ2v) is 24.1.